The summed E-state index contributed by atoms with van der Waals surface area (Å²) in [6, 6.07) is 12.3. The summed E-state index contributed by atoms with van der Waals surface area (Å²) in [4.78, 5) is 12.3. The highest BCUT2D eigenvalue weighted by molar-refractivity contribution is 6.06. The molecule has 2 aromatic carbocycles. The predicted octanol–water partition coefficient (Wildman–Crippen LogP) is 5.47. The molecule has 2 nitrogen and oxygen atoms in total. The SMILES string of the molecule is CC(=O)c1cc(C)c2c(c1-c1ccccc1)NCCCC=C2C. The van der Waals surface area contributed by atoms with Crippen LogP contribution in [0.3, 0.4) is 0 Å². The van der Waals surface area contributed by atoms with E-state index in [0.29, 0.717) is 0 Å². The number of ketones is 1. The highest BCUT2D eigenvalue weighted by atomic mass is 16.1. The Morgan fingerprint density at radius 2 is 1.83 bits per heavy atom. The molecule has 1 aliphatic rings. The van der Waals surface area contributed by atoms with E-state index >= 15 is 0 Å². The molecule has 0 bridgehead atoms. The smallest absolute Gasteiger partial charge is 0.160 e. The van der Waals surface area contributed by atoms with Crippen molar-refractivity contribution in [2.45, 2.75) is 33.6 Å². The van der Waals surface area contributed by atoms with Crippen molar-refractivity contribution >= 4 is 17.0 Å². The van der Waals surface area contributed by atoms with E-state index in [-0.39, 0.29) is 5.78 Å². The van der Waals surface area contributed by atoms with Crippen LogP contribution >= 0.6 is 0 Å². The van der Waals surface area contributed by atoms with Crippen molar-refractivity contribution in [1.29, 1.82) is 0 Å². The molecule has 0 saturated heterocycles. The molecule has 0 unspecified atom stereocenters. The lowest BCUT2D eigenvalue weighted by molar-refractivity contribution is 0.101. The van der Waals surface area contributed by atoms with Crippen LogP contribution in [-0.4, -0.2) is 12.3 Å². The molecule has 0 spiro atoms. The monoisotopic (exact) mass is 305 g/mol. The van der Waals surface area contributed by atoms with Crippen LogP contribution in [0, 0.1) is 6.92 Å². The Bertz CT molecular complexity index is 772. The molecule has 3 rings (SSSR count). The lowest BCUT2D eigenvalue weighted by Gasteiger charge is -2.24. The van der Waals surface area contributed by atoms with E-state index in [1.165, 1.54) is 11.1 Å². The first-order valence-electron chi connectivity index (χ1n) is 8.24. The van der Waals surface area contributed by atoms with Crippen molar-refractivity contribution in [3.8, 4) is 11.1 Å². The lowest BCUT2D eigenvalue weighted by Crippen LogP contribution is -2.11. The number of benzene rings is 2. The number of carbonyl (C=O) groups is 1. The number of rotatable bonds is 2. The Hall–Kier alpha value is -2.35. The third-order valence-corrected chi connectivity index (χ3v) is 4.49. The molecule has 2 heteroatoms. The minimum Gasteiger partial charge on any atom is -0.384 e. The average Bonchev–Trinajstić information content (AvgIpc) is 2.52. The van der Waals surface area contributed by atoms with E-state index in [0.717, 1.165) is 47.3 Å². The number of carbonyl (C=O) groups excluding carboxylic acids is 1. The number of nitrogens with one attached hydrogen (secondary N) is 1. The van der Waals surface area contributed by atoms with Crippen LogP contribution in [-0.2, 0) is 0 Å². The maximum atomic E-state index is 12.3. The number of anilines is 1. The van der Waals surface area contributed by atoms with Gasteiger partial charge in [-0.3, -0.25) is 4.79 Å². The van der Waals surface area contributed by atoms with E-state index in [4.69, 9.17) is 0 Å². The maximum Gasteiger partial charge on any atom is 0.160 e. The van der Waals surface area contributed by atoms with Gasteiger partial charge in [0.25, 0.3) is 0 Å². The highest BCUT2D eigenvalue weighted by Gasteiger charge is 2.21. The molecule has 2 aromatic rings. The molecule has 118 valence electrons. The zero-order chi connectivity index (χ0) is 16.4. The van der Waals surface area contributed by atoms with Crippen LogP contribution in [0.1, 0.15) is 48.2 Å². The van der Waals surface area contributed by atoms with Crippen LogP contribution in [0.15, 0.2) is 42.5 Å². The molecular formula is C21H23NO. The van der Waals surface area contributed by atoms with Gasteiger partial charge in [0.15, 0.2) is 5.78 Å². The summed E-state index contributed by atoms with van der Waals surface area (Å²) in [5, 5.41) is 3.61. The van der Waals surface area contributed by atoms with Gasteiger partial charge < -0.3 is 5.32 Å². The summed E-state index contributed by atoms with van der Waals surface area (Å²) >= 11 is 0. The number of fused-ring (bicyclic) bond motifs is 1. The van der Waals surface area contributed by atoms with E-state index < -0.39 is 0 Å². The quantitative estimate of drug-likeness (QED) is 0.745. The van der Waals surface area contributed by atoms with Crippen LogP contribution in [0.25, 0.3) is 16.7 Å². The Kier molecular flexibility index (Phi) is 4.33. The van der Waals surface area contributed by atoms with Crippen molar-refractivity contribution in [3.63, 3.8) is 0 Å². The molecule has 1 N–H and O–H groups in total. The standard InChI is InChI=1S/C21H23NO/c1-14-9-7-8-12-22-21-19(14)15(2)13-18(16(3)23)20(21)17-10-5-4-6-11-17/h4-6,9-11,13,22H,7-8,12H2,1-3H3. The fourth-order valence-electron chi connectivity index (χ4n) is 3.42. The van der Waals surface area contributed by atoms with Crippen molar-refractivity contribution < 1.29 is 4.79 Å². The predicted molar refractivity (Wildman–Crippen MR) is 98.0 cm³/mol. The van der Waals surface area contributed by atoms with Gasteiger partial charge in [0, 0.05) is 23.2 Å². The number of aryl methyl sites for hydroxylation is 1. The van der Waals surface area contributed by atoms with Gasteiger partial charge in [-0.25, -0.2) is 0 Å². The first kappa shape index (κ1) is 15.5. The summed E-state index contributed by atoms with van der Waals surface area (Å²) < 4.78 is 0. The van der Waals surface area contributed by atoms with Crippen LogP contribution in [0.2, 0.25) is 0 Å². The molecule has 0 aromatic heterocycles. The van der Waals surface area contributed by atoms with Crippen LogP contribution in [0.4, 0.5) is 5.69 Å². The normalized spacial score (nSPS) is 14.1. The zero-order valence-electron chi connectivity index (χ0n) is 14.1. The summed E-state index contributed by atoms with van der Waals surface area (Å²) in [7, 11) is 0. The zero-order valence-corrected chi connectivity index (χ0v) is 14.1. The first-order valence-corrected chi connectivity index (χ1v) is 8.24. The Labute approximate surface area is 138 Å². The highest BCUT2D eigenvalue weighted by Crippen LogP contribution is 2.40. The average molecular weight is 305 g/mol. The number of Topliss-reactive ketones (excluding diaryl/α,β-unsaturated/α-hetero) is 1. The van der Waals surface area contributed by atoms with Crippen LogP contribution in [0.5, 0.6) is 0 Å². The fourth-order valence-corrected chi connectivity index (χ4v) is 3.42. The molecule has 0 atom stereocenters. The van der Waals surface area contributed by atoms with Gasteiger partial charge in [-0.1, -0.05) is 36.4 Å². The molecule has 1 aliphatic heterocycles. The topological polar surface area (TPSA) is 29.1 Å². The first-order chi connectivity index (χ1) is 11.1. The number of hydrogen-bond acceptors (Lipinski definition) is 2. The Balaban J connectivity index is 2.38. The molecule has 0 fully saturated rings. The van der Waals surface area contributed by atoms with E-state index in [1.54, 1.807) is 6.92 Å². The molecule has 1 heterocycles. The summed E-state index contributed by atoms with van der Waals surface area (Å²) in [6.07, 6.45) is 4.51. The van der Waals surface area contributed by atoms with Crippen molar-refractivity contribution in [2.24, 2.45) is 0 Å². The van der Waals surface area contributed by atoms with E-state index in [1.807, 2.05) is 24.3 Å². The minimum atomic E-state index is 0.111. The number of hydrogen-bond donors (Lipinski definition) is 1. The molecule has 0 aliphatic carbocycles. The third kappa shape index (κ3) is 2.94. The Morgan fingerprint density at radius 1 is 1.09 bits per heavy atom. The van der Waals surface area contributed by atoms with Crippen LogP contribution < -0.4 is 5.32 Å². The molecule has 0 saturated carbocycles. The molecule has 23 heavy (non-hydrogen) atoms. The lowest BCUT2D eigenvalue weighted by atomic mass is 9.86. The van der Waals surface area contributed by atoms with E-state index in [2.05, 4.69) is 37.4 Å². The second-order valence-electron chi connectivity index (χ2n) is 6.24. The van der Waals surface area contributed by atoms with Crippen molar-refractivity contribution in [2.75, 3.05) is 11.9 Å². The maximum absolute atomic E-state index is 12.3. The molecular weight excluding hydrogens is 282 g/mol. The minimum absolute atomic E-state index is 0.111. The van der Waals surface area contributed by atoms with Gasteiger partial charge in [-0.15, -0.1) is 0 Å². The third-order valence-electron chi connectivity index (χ3n) is 4.49. The van der Waals surface area contributed by atoms with Gasteiger partial charge in [-0.2, -0.15) is 0 Å². The van der Waals surface area contributed by atoms with Gasteiger partial charge >= 0.3 is 0 Å². The van der Waals surface area contributed by atoms with Gasteiger partial charge in [0.2, 0.25) is 0 Å². The number of allylic oxidation sites excluding steroid dienone is 2. The fraction of sp³-hybridized carbons (Fsp3) is 0.286. The van der Waals surface area contributed by atoms with Crippen molar-refractivity contribution in [1.82, 2.24) is 0 Å². The van der Waals surface area contributed by atoms with Gasteiger partial charge in [-0.05, 0) is 56.4 Å². The Morgan fingerprint density at radius 3 is 2.52 bits per heavy atom. The van der Waals surface area contributed by atoms with E-state index in [9.17, 15) is 4.79 Å². The van der Waals surface area contributed by atoms with Gasteiger partial charge in [0.1, 0.15) is 0 Å². The molecule has 0 radical (unpaired) electrons. The molecule has 0 amide bonds. The summed E-state index contributed by atoms with van der Waals surface area (Å²) in [6.45, 7) is 6.85. The van der Waals surface area contributed by atoms with Gasteiger partial charge in [0.05, 0.1) is 5.69 Å². The van der Waals surface area contributed by atoms with Crippen molar-refractivity contribution in [3.05, 3.63) is 59.2 Å². The second kappa shape index (κ2) is 6.41. The summed E-state index contributed by atoms with van der Waals surface area (Å²) in [5.74, 6) is 0.111. The summed E-state index contributed by atoms with van der Waals surface area (Å²) in [5.41, 5.74) is 7.73. The largest absolute Gasteiger partial charge is 0.384 e. The second-order valence-corrected chi connectivity index (χ2v) is 6.24.